The third kappa shape index (κ3) is 2.88. The summed E-state index contributed by atoms with van der Waals surface area (Å²) in [6.45, 7) is 4.15. The first-order valence-electron chi connectivity index (χ1n) is 8.18. The number of hydrogen-bond donors (Lipinski definition) is 1. The molecule has 8 heteroatoms. The van der Waals surface area contributed by atoms with Crippen LogP contribution in [0.25, 0.3) is 15.7 Å². The Hall–Kier alpha value is -3.00. The number of thiophene rings is 1. The number of rotatable bonds is 4. The molecule has 0 aromatic carbocycles. The van der Waals surface area contributed by atoms with E-state index in [0.29, 0.717) is 17.9 Å². The van der Waals surface area contributed by atoms with E-state index in [1.54, 1.807) is 23.7 Å². The smallest absolute Gasteiger partial charge is 0.291 e. The Labute approximate surface area is 152 Å². The van der Waals surface area contributed by atoms with E-state index in [1.807, 2.05) is 42.5 Å². The monoisotopic (exact) mass is 367 g/mol. The van der Waals surface area contributed by atoms with Gasteiger partial charge in [-0.3, -0.25) is 19.0 Å². The summed E-state index contributed by atoms with van der Waals surface area (Å²) in [4.78, 5) is 30.1. The molecule has 0 aliphatic heterocycles. The Morgan fingerprint density at radius 2 is 1.96 bits per heavy atom. The lowest BCUT2D eigenvalue weighted by Crippen LogP contribution is -2.34. The van der Waals surface area contributed by atoms with Gasteiger partial charge in [0.05, 0.1) is 10.2 Å². The van der Waals surface area contributed by atoms with Gasteiger partial charge in [0.15, 0.2) is 0 Å². The number of hydrogen-bond acceptors (Lipinski definition) is 5. The first kappa shape index (κ1) is 16.5. The first-order chi connectivity index (χ1) is 12.5. The van der Waals surface area contributed by atoms with Gasteiger partial charge < -0.3 is 5.32 Å². The number of aromatic nitrogens is 4. The van der Waals surface area contributed by atoms with Crippen molar-refractivity contribution in [1.29, 1.82) is 0 Å². The predicted molar refractivity (Wildman–Crippen MR) is 100 cm³/mol. The Morgan fingerprint density at radius 1 is 1.19 bits per heavy atom. The van der Waals surface area contributed by atoms with Crippen LogP contribution in [0.15, 0.2) is 41.5 Å². The maximum Gasteiger partial charge on any atom is 0.291 e. The van der Waals surface area contributed by atoms with Crippen LogP contribution in [-0.4, -0.2) is 25.1 Å². The van der Waals surface area contributed by atoms with Crippen LogP contribution >= 0.6 is 11.3 Å². The second-order valence-electron chi connectivity index (χ2n) is 6.11. The van der Waals surface area contributed by atoms with Crippen LogP contribution in [0.4, 0.5) is 0 Å². The van der Waals surface area contributed by atoms with Crippen molar-refractivity contribution in [2.24, 2.45) is 0 Å². The molecule has 7 nitrogen and oxygen atoms in total. The fraction of sp³-hybridized carbons (Fsp3) is 0.222. The molecule has 1 amide bonds. The zero-order valence-electron chi connectivity index (χ0n) is 14.4. The Balaban J connectivity index is 1.61. The zero-order valence-corrected chi connectivity index (χ0v) is 15.2. The lowest BCUT2D eigenvalue weighted by Gasteiger charge is -2.09. The highest BCUT2D eigenvalue weighted by atomic mass is 32.1. The molecular weight excluding hydrogens is 350 g/mol. The molecule has 0 aliphatic rings. The summed E-state index contributed by atoms with van der Waals surface area (Å²) in [5, 5.41) is 7.13. The molecule has 0 unspecified atom stereocenters. The molecule has 0 saturated heterocycles. The second-order valence-corrected chi connectivity index (χ2v) is 7.40. The zero-order chi connectivity index (χ0) is 18.3. The highest BCUT2D eigenvalue weighted by Gasteiger charge is 2.15. The molecule has 0 spiro atoms. The molecule has 4 aromatic heterocycles. The van der Waals surface area contributed by atoms with Gasteiger partial charge >= 0.3 is 0 Å². The SMILES string of the molecule is Cc1cc2c(cc3c(=O)n(CC(=O)NCc4ccncc4)nc(C)n32)s1. The van der Waals surface area contributed by atoms with Gasteiger partial charge in [0.1, 0.15) is 17.9 Å². The molecule has 132 valence electrons. The topological polar surface area (TPSA) is 81.3 Å². The summed E-state index contributed by atoms with van der Waals surface area (Å²) in [5.41, 5.74) is 2.21. The second kappa shape index (κ2) is 6.38. The maximum atomic E-state index is 12.7. The molecule has 0 atom stereocenters. The van der Waals surface area contributed by atoms with Gasteiger partial charge in [0, 0.05) is 23.8 Å². The van der Waals surface area contributed by atoms with Crippen molar-refractivity contribution in [2.45, 2.75) is 26.9 Å². The standard InChI is InChI=1S/C18H17N5O2S/c1-11-7-14-16(26-11)8-15-18(25)22(21-12(2)23(14)15)10-17(24)20-9-13-3-5-19-6-4-13/h3-8H,9-10H2,1-2H3,(H,20,24). The average molecular weight is 367 g/mol. The molecule has 4 heterocycles. The van der Waals surface area contributed by atoms with Gasteiger partial charge in [-0.1, -0.05) is 0 Å². The lowest BCUT2D eigenvalue weighted by atomic mass is 10.3. The van der Waals surface area contributed by atoms with Gasteiger partial charge in [-0.15, -0.1) is 11.3 Å². The highest BCUT2D eigenvalue weighted by Crippen LogP contribution is 2.27. The van der Waals surface area contributed by atoms with Crippen molar-refractivity contribution < 1.29 is 4.79 Å². The third-order valence-electron chi connectivity index (χ3n) is 4.19. The fourth-order valence-corrected chi connectivity index (χ4v) is 3.96. The van der Waals surface area contributed by atoms with Crippen LogP contribution in [0.3, 0.4) is 0 Å². The number of fused-ring (bicyclic) bond motifs is 3. The van der Waals surface area contributed by atoms with E-state index in [-0.39, 0.29) is 18.0 Å². The van der Waals surface area contributed by atoms with Gasteiger partial charge in [-0.25, -0.2) is 4.68 Å². The van der Waals surface area contributed by atoms with Crippen molar-refractivity contribution in [3.63, 3.8) is 0 Å². The molecule has 0 saturated carbocycles. The number of aryl methyl sites for hydroxylation is 2. The molecule has 0 fully saturated rings. The molecule has 0 radical (unpaired) electrons. The van der Waals surface area contributed by atoms with Gasteiger partial charge in [-0.2, -0.15) is 5.10 Å². The van der Waals surface area contributed by atoms with Gasteiger partial charge in [0.2, 0.25) is 5.91 Å². The molecule has 4 aromatic rings. The van der Waals surface area contributed by atoms with E-state index < -0.39 is 0 Å². The first-order valence-corrected chi connectivity index (χ1v) is 8.99. The average Bonchev–Trinajstić information content (AvgIpc) is 3.14. The summed E-state index contributed by atoms with van der Waals surface area (Å²) in [6.07, 6.45) is 3.34. The Morgan fingerprint density at radius 3 is 2.73 bits per heavy atom. The van der Waals surface area contributed by atoms with Crippen LogP contribution in [0.2, 0.25) is 0 Å². The minimum atomic E-state index is -0.268. The highest BCUT2D eigenvalue weighted by molar-refractivity contribution is 7.19. The Bertz CT molecular complexity index is 1170. The largest absolute Gasteiger partial charge is 0.350 e. The van der Waals surface area contributed by atoms with Gasteiger partial charge in [0.25, 0.3) is 5.56 Å². The van der Waals surface area contributed by atoms with Crippen LogP contribution in [0.5, 0.6) is 0 Å². The van der Waals surface area contributed by atoms with E-state index in [9.17, 15) is 9.59 Å². The fourth-order valence-electron chi connectivity index (χ4n) is 3.02. The van der Waals surface area contributed by atoms with E-state index in [0.717, 1.165) is 15.8 Å². The van der Waals surface area contributed by atoms with Crippen LogP contribution in [0, 0.1) is 13.8 Å². The molecular formula is C18H17N5O2S. The number of amides is 1. The molecule has 0 bridgehead atoms. The number of carbonyl (C=O) groups excluding carboxylic acids is 1. The number of nitrogens with zero attached hydrogens (tertiary/aromatic N) is 4. The van der Waals surface area contributed by atoms with Crippen molar-refractivity contribution >= 4 is 33.0 Å². The van der Waals surface area contributed by atoms with Crippen molar-refractivity contribution in [3.05, 3.63) is 63.3 Å². The minimum absolute atomic E-state index is 0.112. The van der Waals surface area contributed by atoms with Crippen LogP contribution in [-0.2, 0) is 17.9 Å². The lowest BCUT2D eigenvalue weighted by molar-refractivity contribution is -0.122. The number of nitrogens with one attached hydrogen (secondary N) is 1. The van der Waals surface area contributed by atoms with Crippen molar-refractivity contribution in [2.75, 3.05) is 0 Å². The van der Waals surface area contributed by atoms with Crippen LogP contribution in [0.1, 0.15) is 16.3 Å². The van der Waals surface area contributed by atoms with Gasteiger partial charge in [-0.05, 0) is 43.7 Å². The van der Waals surface area contributed by atoms with E-state index in [2.05, 4.69) is 15.4 Å². The normalized spacial score (nSPS) is 11.3. The maximum absolute atomic E-state index is 12.7. The quantitative estimate of drug-likeness (QED) is 0.598. The van der Waals surface area contributed by atoms with E-state index >= 15 is 0 Å². The Kier molecular flexibility index (Phi) is 4.04. The van der Waals surface area contributed by atoms with Crippen LogP contribution < -0.4 is 10.9 Å². The van der Waals surface area contributed by atoms with Crippen molar-refractivity contribution in [1.82, 2.24) is 24.5 Å². The molecule has 1 N–H and O–H groups in total. The number of pyridine rings is 1. The molecule has 4 rings (SSSR count). The minimum Gasteiger partial charge on any atom is -0.350 e. The summed E-state index contributed by atoms with van der Waals surface area (Å²) < 4.78 is 4.12. The third-order valence-corrected chi connectivity index (χ3v) is 5.17. The van der Waals surface area contributed by atoms with E-state index in [1.165, 1.54) is 9.56 Å². The summed E-state index contributed by atoms with van der Waals surface area (Å²) >= 11 is 1.64. The van der Waals surface area contributed by atoms with E-state index in [4.69, 9.17) is 0 Å². The summed E-state index contributed by atoms with van der Waals surface area (Å²) in [5.74, 6) is 0.415. The molecule has 0 aliphatic carbocycles. The molecule has 26 heavy (non-hydrogen) atoms. The summed E-state index contributed by atoms with van der Waals surface area (Å²) in [7, 11) is 0. The number of carbonyl (C=O) groups is 1. The summed E-state index contributed by atoms with van der Waals surface area (Å²) in [6, 6.07) is 7.58. The predicted octanol–water partition coefficient (Wildman–Crippen LogP) is 2.04. The van der Waals surface area contributed by atoms with Crippen molar-refractivity contribution in [3.8, 4) is 0 Å².